The first kappa shape index (κ1) is 22.0. The molecule has 1 N–H and O–H groups in total. The largest absolute Gasteiger partial charge is 0.389 e. The van der Waals surface area contributed by atoms with Crippen molar-refractivity contribution in [3.05, 3.63) is 29.6 Å². The van der Waals surface area contributed by atoms with Gasteiger partial charge in [-0.05, 0) is 31.4 Å². The lowest BCUT2D eigenvalue weighted by molar-refractivity contribution is -0.172. The number of likely N-dealkylation sites (tertiary alicyclic amines) is 1. The third kappa shape index (κ3) is 4.04. The van der Waals surface area contributed by atoms with E-state index in [0.717, 1.165) is 12.8 Å². The topological polar surface area (TPSA) is 73.7 Å². The highest BCUT2D eigenvalue weighted by molar-refractivity contribution is 5.97. The van der Waals surface area contributed by atoms with Crippen LogP contribution in [0, 0.1) is 11.3 Å². The number of aromatic nitrogens is 1. The summed E-state index contributed by atoms with van der Waals surface area (Å²) in [6, 6.07) is 3.43. The van der Waals surface area contributed by atoms with Crippen LogP contribution < -0.4 is 0 Å². The van der Waals surface area contributed by atoms with Crippen LogP contribution in [0.2, 0.25) is 0 Å². The highest BCUT2D eigenvalue weighted by atomic mass is 19.4. The van der Waals surface area contributed by atoms with Gasteiger partial charge in [-0.25, -0.2) is 0 Å². The molecular weight excluding hydrogens is 411 g/mol. The number of carbonyl (C=O) groups is 2. The first-order chi connectivity index (χ1) is 14.5. The van der Waals surface area contributed by atoms with Crippen molar-refractivity contribution in [1.82, 2.24) is 14.8 Å². The van der Waals surface area contributed by atoms with Crippen LogP contribution in [0.4, 0.5) is 13.2 Å². The fourth-order valence-electron chi connectivity index (χ4n) is 5.66. The predicted octanol–water partition coefficient (Wildman–Crippen LogP) is 3.15. The maximum absolute atomic E-state index is 12.8. The van der Waals surface area contributed by atoms with E-state index >= 15 is 0 Å². The monoisotopic (exact) mass is 439 g/mol. The number of alkyl halides is 3. The van der Waals surface area contributed by atoms with Gasteiger partial charge in [-0.3, -0.25) is 14.6 Å². The smallest absolute Gasteiger partial charge is 0.387 e. The minimum atomic E-state index is -4.39. The molecule has 170 valence electrons. The lowest BCUT2D eigenvalue weighted by atomic mass is 9.65. The minimum Gasteiger partial charge on any atom is -0.387 e. The average molecular weight is 439 g/mol. The molecule has 1 saturated carbocycles. The first-order valence-electron chi connectivity index (χ1n) is 10.8. The Hall–Kier alpha value is -2.16. The normalized spacial score (nSPS) is 26.4. The van der Waals surface area contributed by atoms with Crippen LogP contribution in [-0.4, -0.2) is 63.1 Å². The molecule has 0 aromatic carbocycles. The summed E-state index contributed by atoms with van der Waals surface area (Å²) in [5.41, 5.74) is -0.572. The molecule has 1 aromatic heterocycles. The molecule has 3 heterocycles. The molecule has 6 nitrogen and oxygen atoms in total. The van der Waals surface area contributed by atoms with E-state index in [2.05, 4.69) is 4.98 Å². The number of pyridine rings is 1. The number of hydrogen-bond donors (Lipinski definition) is 1. The number of fused-ring (bicyclic) bond motifs is 1. The minimum absolute atomic E-state index is 0.141. The highest BCUT2D eigenvalue weighted by Gasteiger charge is 2.57. The van der Waals surface area contributed by atoms with Gasteiger partial charge in [0.1, 0.15) is 0 Å². The molecular formula is C22H28F3N3O3. The van der Waals surface area contributed by atoms with Gasteiger partial charge in [0, 0.05) is 30.6 Å². The lowest BCUT2D eigenvalue weighted by Gasteiger charge is -2.53. The number of amides is 2. The summed E-state index contributed by atoms with van der Waals surface area (Å²) in [6.45, 7) is 2.20. The first-order valence-corrected chi connectivity index (χ1v) is 10.8. The molecule has 3 aliphatic rings. The number of hydrogen-bond acceptors (Lipinski definition) is 4. The summed E-state index contributed by atoms with van der Waals surface area (Å²) < 4.78 is 38.3. The molecule has 2 unspecified atom stereocenters. The van der Waals surface area contributed by atoms with Crippen molar-refractivity contribution in [3.8, 4) is 0 Å². The summed E-state index contributed by atoms with van der Waals surface area (Å²) in [5.74, 6) is -1.83. The third-order valence-electron chi connectivity index (χ3n) is 7.31. The quantitative estimate of drug-likeness (QED) is 0.782. The zero-order valence-electron chi connectivity index (χ0n) is 17.6. The standard InChI is InChI=1S/C22H28F3N3O3/c1-15(11-22(23,24)25)18(29)27-10-8-21(31,20(13-27)6-2-3-7-20)14-28-12-17-16(19(28)30)5-4-9-26-17/h4-5,9,15,31H,2-3,6-8,10-14H2,1H3. The Labute approximate surface area is 179 Å². The molecule has 1 spiro atoms. The Kier molecular flexibility index (Phi) is 5.52. The predicted molar refractivity (Wildman–Crippen MR) is 106 cm³/mol. The van der Waals surface area contributed by atoms with E-state index in [1.807, 2.05) is 0 Å². The maximum Gasteiger partial charge on any atom is 0.389 e. The van der Waals surface area contributed by atoms with Crippen molar-refractivity contribution in [2.24, 2.45) is 11.3 Å². The molecule has 2 atom stereocenters. The second-order valence-electron chi connectivity index (χ2n) is 9.41. The van der Waals surface area contributed by atoms with Gasteiger partial charge in [-0.2, -0.15) is 13.2 Å². The molecule has 4 rings (SSSR count). The van der Waals surface area contributed by atoms with Gasteiger partial charge in [0.2, 0.25) is 5.91 Å². The summed E-state index contributed by atoms with van der Waals surface area (Å²) in [4.78, 5) is 32.9. The molecule has 2 amide bonds. The van der Waals surface area contributed by atoms with Gasteiger partial charge in [0.25, 0.3) is 5.91 Å². The van der Waals surface area contributed by atoms with Crippen LogP contribution in [0.3, 0.4) is 0 Å². The number of aliphatic hydroxyl groups is 1. The third-order valence-corrected chi connectivity index (χ3v) is 7.31. The Morgan fingerprint density at radius 3 is 2.65 bits per heavy atom. The Morgan fingerprint density at radius 2 is 2.00 bits per heavy atom. The molecule has 0 bridgehead atoms. The number of halogens is 3. The average Bonchev–Trinajstić information content (AvgIpc) is 3.29. The summed E-state index contributed by atoms with van der Waals surface area (Å²) in [5, 5.41) is 11.8. The fourth-order valence-corrected chi connectivity index (χ4v) is 5.66. The van der Waals surface area contributed by atoms with Gasteiger partial charge in [-0.15, -0.1) is 0 Å². The van der Waals surface area contributed by atoms with E-state index in [-0.39, 0.29) is 32.0 Å². The van der Waals surface area contributed by atoms with Gasteiger partial charge in [0.15, 0.2) is 0 Å². The second-order valence-corrected chi connectivity index (χ2v) is 9.41. The van der Waals surface area contributed by atoms with E-state index in [1.165, 1.54) is 11.8 Å². The Morgan fingerprint density at radius 1 is 1.29 bits per heavy atom. The molecule has 1 saturated heterocycles. The molecule has 1 aromatic rings. The van der Waals surface area contributed by atoms with Crippen molar-refractivity contribution >= 4 is 11.8 Å². The van der Waals surface area contributed by atoms with Gasteiger partial charge in [-0.1, -0.05) is 19.8 Å². The van der Waals surface area contributed by atoms with Crippen LogP contribution >= 0.6 is 0 Å². The highest BCUT2D eigenvalue weighted by Crippen LogP contribution is 2.52. The van der Waals surface area contributed by atoms with Crippen LogP contribution in [0.1, 0.15) is 61.5 Å². The van der Waals surface area contributed by atoms with E-state index in [0.29, 0.717) is 30.6 Å². The lowest BCUT2D eigenvalue weighted by Crippen LogP contribution is -2.64. The number of nitrogens with zero attached hydrogens (tertiary/aromatic N) is 3. The molecule has 2 fully saturated rings. The van der Waals surface area contributed by atoms with Gasteiger partial charge < -0.3 is 14.9 Å². The SMILES string of the molecule is CC(CC(F)(F)F)C(=O)N1CCC(O)(CN2Cc3ncccc3C2=O)C2(CCCC2)C1. The van der Waals surface area contributed by atoms with Crippen molar-refractivity contribution in [1.29, 1.82) is 0 Å². The van der Waals surface area contributed by atoms with Crippen molar-refractivity contribution in [3.63, 3.8) is 0 Å². The van der Waals surface area contributed by atoms with E-state index in [4.69, 9.17) is 0 Å². The zero-order valence-corrected chi connectivity index (χ0v) is 17.6. The fraction of sp³-hybridized carbons (Fsp3) is 0.682. The van der Waals surface area contributed by atoms with E-state index in [9.17, 15) is 27.9 Å². The Bertz CT molecular complexity index is 869. The summed E-state index contributed by atoms with van der Waals surface area (Å²) in [6.07, 6.45) is -0.512. The summed E-state index contributed by atoms with van der Waals surface area (Å²) in [7, 11) is 0. The zero-order chi connectivity index (χ0) is 22.4. The van der Waals surface area contributed by atoms with Crippen LogP contribution in [-0.2, 0) is 11.3 Å². The molecule has 9 heteroatoms. The number of carbonyl (C=O) groups excluding carboxylic acids is 2. The number of rotatable bonds is 4. The second kappa shape index (κ2) is 7.76. The molecule has 1 aliphatic carbocycles. The molecule has 31 heavy (non-hydrogen) atoms. The van der Waals surface area contributed by atoms with E-state index < -0.39 is 35.4 Å². The van der Waals surface area contributed by atoms with Gasteiger partial charge in [0.05, 0.1) is 36.4 Å². The molecule has 2 aliphatic heterocycles. The Balaban J connectivity index is 1.51. The van der Waals surface area contributed by atoms with E-state index in [1.54, 1.807) is 23.2 Å². The summed E-state index contributed by atoms with van der Waals surface area (Å²) >= 11 is 0. The van der Waals surface area contributed by atoms with Crippen molar-refractivity contribution < 1.29 is 27.9 Å². The number of β-amino-alcohol motifs (C(OH)–C–C–N with tert-alkyl or cyclic N) is 1. The van der Waals surface area contributed by atoms with Crippen molar-refractivity contribution in [2.75, 3.05) is 19.6 Å². The molecule has 0 radical (unpaired) electrons. The number of piperidine rings is 1. The van der Waals surface area contributed by atoms with Gasteiger partial charge >= 0.3 is 6.18 Å². The maximum atomic E-state index is 12.8. The van der Waals surface area contributed by atoms with Crippen LogP contribution in [0.15, 0.2) is 18.3 Å². The van der Waals surface area contributed by atoms with Crippen molar-refractivity contribution in [2.45, 2.75) is 63.8 Å². The van der Waals surface area contributed by atoms with Crippen LogP contribution in [0.5, 0.6) is 0 Å². The van der Waals surface area contributed by atoms with Crippen LogP contribution in [0.25, 0.3) is 0 Å².